The molecule has 2 aromatic rings. The Kier molecular flexibility index (Phi) is 11.7. The van der Waals surface area contributed by atoms with Crippen LogP contribution in [0.25, 0.3) is 0 Å². The van der Waals surface area contributed by atoms with Crippen LogP contribution in [-0.4, -0.2) is 16.9 Å². The normalized spacial score (nSPS) is 10.6. The molecular formula is C26H33NO6. The standard InChI is InChI=1S/C26H33NO6/c1-2-3-4-5-6-7-8-9-10-11-12-25(28)32-23-17-13-21(14-18-23)26(29)33-24-19-15-22(16-20-24)27(30)31/h13-20H,2-12H2,1H3. The first kappa shape index (κ1) is 26.0. The highest BCUT2D eigenvalue weighted by Gasteiger charge is 2.12. The summed E-state index contributed by atoms with van der Waals surface area (Å²) in [6.07, 6.45) is 12.4. The highest BCUT2D eigenvalue weighted by molar-refractivity contribution is 5.91. The molecule has 7 nitrogen and oxygen atoms in total. The van der Waals surface area contributed by atoms with Crippen molar-refractivity contribution in [2.75, 3.05) is 0 Å². The molecule has 33 heavy (non-hydrogen) atoms. The van der Waals surface area contributed by atoms with Crippen LogP contribution in [0.3, 0.4) is 0 Å². The summed E-state index contributed by atoms with van der Waals surface area (Å²) in [5, 5.41) is 10.7. The third-order valence-corrected chi connectivity index (χ3v) is 5.31. The second-order valence-corrected chi connectivity index (χ2v) is 8.07. The maximum absolute atomic E-state index is 12.2. The Labute approximate surface area is 195 Å². The van der Waals surface area contributed by atoms with Crippen molar-refractivity contribution in [3.63, 3.8) is 0 Å². The third-order valence-electron chi connectivity index (χ3n) is 5.31. The van der Waals surface area contributed by atoms with Gasteiger partial charge in [-0.25, -0.2) is 4.79 Å². The minimum absolute atomic E-state index is 0.0845. The van der Waals surface area contributed by atoms with Crippen LogP contribution in [0, 0.1) is 10.1 Å². The van der Waals surface area contributed by atoms with E-state index in [1.54, 1.807) is 12.1 Å². The number of nitrogens with zero attached hydrogens (tertiary/aromatic N) is 1. The van der Waals surface area contributed by atoms with Crippen LogP contribution in [0.1, 0.15) is 87.9 Å². The Morgan fingerprint density at radius 1 is 0.727 bits per heavy atom. The molecular weight excluding hydrogens is 422 g/mol. The van der Waals surface area contributed by atoms with Crippen molar-refractivity contribution in [2.45, 2.75) is 77.6 Å². The molecule has 0 aromatic heterocycles. The maximum atomic E-state index is 12.2. The fraction of sp³-hybridized carbons (Fsp3) is 0.462. The molecule has 0 spiro atoms. The molecule has 0 heterocycles. The topological polar surface area (TPSA) is 95.7 Å². The number of carbonyl (C=O) groups is 2. The van der Waals surface area contributed by atoms with Crippen LogP contribution in [0.15, 0.2) is 48.5 Å². The van der Waals surface area contributed by atoms with E-state index in [0.717, 1.165) is 19.3 Å². The van der Waals surface area contributed by atoms with Gasteiger partial charge in [0.05, 0.1) is 10.5 Å². The molecule has 2 aromatic carbocycles. The van der Waals surface area contributed by atoms with Crippen LogP contribution >= 0.6 is 0 Å². The molecule has 0 fully saturated rings. The molecule has 0 saturated heterocycles. The van der Waals surface area contributed by atoms with Gasteiger partial charge in [0.1, 0.15) is 11.5 Å². The van der Waals surface area contributed by atoms with Crippen molar-refractivity contribution >= 4 is 17.6 Å². The van der Waals surface area contributed by atoms with E-state index in [1.807, 2.05) is 0 Å². The Balaban J connectivity index is 1.64. The lowest BCUT2D eigenvalue weighted by atomic mass is 10.1. The molecule has 0 saturated carbocycles. The molecule has 2 rings (SSSR count). The van der Waals surface area contributed by atoms with Crippen LogP contribution in [0.2, 0.25) is 0 Å². The van der Waals surface area contributed by atoms with Crippen molar-refractivity contribution in [1.29, 1.82) is 0 Å². The highest BCUT2D eigenvalue weighted by Crippen LogP contribution is 2.20. The number of rotatable bonds is 15. The minimum atomic E-state index is -0.605. The Hall–Kier alpha value is -3.22. The van der Waals surface area contributed by atoms with Crippen LogP contribution < -0.4 is 9.47 Å². The zero-order chi connectivity index (χ0) is 23.9. The first-order chi connectivity index (χ1) is 16.0. The smallest absolute Gasteiger partial charge is 0.343 e. The minimum Gasteiger partial charge on any atom is -0.427 e. The van der Waals surface area contributed by atoms with Gasteiger partial charge in [-0.3, -0.25) is 14.9 Å². The molecule has 7 heteroatoms. The summed E-state index contributed by atoms with van der Waals surface area (Å²) in [7, 11) is 0. The summed E-state index contributed by atoms with van der Waals surface area (Å²) in [6.45, 7) is 2.23. The van der Waals surface area contributed by atoms with Gasteiger partial charge in [-0.1, -0.05) is 64.7 Å². The van der Waals surface area contributed by atoms with Crippen LogP contribution in [-0.2, 0) is 4.79 Å². The van der Waals surface area contributed by atoms with E-state index in [-0.39, 0.29) is 23.0 Å². The fourth-order valence-corrected chi connectivity index (χ4v) is 3.40. The van der Waals surface area contributed by atoms with Crippen molar-refractivity contribution < 1.29 is 24.0 Å². The van der Waals surface area contributed by atoms with E-state index in [9.17, 15) is 19.7 Å². The highest BCUT2D eigenvalue weighted by atomic mass is 16.6. The largest absolute Gasteiger partial charge is 0.427 e. The molecule has 0 aliphatic carbocycles. The quantitative estimate of drug-likeness (QED) is 0.0940. The SMILES string of the molecule is CCCCCCCCCCCCC(=O)Oc1ccc(C(=O)Oc2ccc([N+](=O)[O-])cc2)cc1. The van der Waals surface area contributed by atoms with E-state index in [0.29, 0.717) is 12.2 Å². The number of non-ortho nitro benzene ring substituents is 1. The first-order valence-electron chi connectivity index (χ1n) is 11.8. The zero-order valence-electron chi connectivity index (χ0n) is 19.3. The first-order valence-corrected chi connectivity index (χ1v) is 11.8. The number of nitro benzene ring substituents is 1. The average molecular weight is 456 g/mol. The molecule has 0 amide bonds. The number of hydrogen-bond acceptors (Lipinski definition) is 6. The van der Waals surface area contributed by atoms with E-state index < -0.39 is 10.9 Å². The van der Waals surface area contributed by atoms with Gasteiger partial charge in [0.15, 0.2) is 0 Å². The molecule has 0 atom stereocenters. The van der Waals surface area contributed by atoms with Crippen LogP contribution in [0.5, 0.6) is 11.5 Å². The zero-order valence-corrected chi connectivity index (χ0v) is 19.3. The number of hydrogen-bond donors (Lipinski definition) is 0. The van der Waals surface area contributed by atoms with Gasteiger partial charge in [0.2, 0.25) is 0 Å². The van der Waals surface area contributed by atoms with Gasteiger partial charge in [-0.05, 0) is 42.8 Å². The predicted octanol–water partition coefficient (Wildman–Crippen LogP) is 7.03. The van der Waals surface area contributed by atoms with E-state index >= 15 is 0 Å². The lowest BCUT2D eigenvalue weighted by molar-refractivity contribution is -0.384. The number of benzene rings is 2. The molecule has 178 valence electrons. The van der Waals surface area contributed by atoms with Crippen LogP contribution in [0.4, 0.5) is 5.69 Å². The van der Waals surface area contributed by atoms with E-state index in [2.05, 4.69) is 6.92 Å². The Bertz CT molecular complexity index is 877. The Morgan fingerprint density at radius 2 is 1.21 bits per heavy atom. The molecule has 0 aliphatic heterocycles. The second-order valence-electron chi connectivity index (χ2n) is 8.07. The summed E-state index contributed by atoms with van der Waals surface area (Å²) >= 11 is 0. The van der Waals surface area contributed by atoms with Crippen molar-refractivity contribution in [2.24, 2.45) is 0 Å². The Morgan fingerprint density at radius 3 is 1.76 bits per heavy atom. The fourth-order valence-electron chi connectivity index (χ4n) is 3.40. The summed E-state index contributed by atoms with van der Waals surface area (Å²) in [5.41, 5.74) is 0.196. The number of unbranched alkanes of at least 4 members (excludes halogenated alkanes) is 9. The van der Waals surface area contributed by atoms with Gasteiger partial charge >= 0.3 is 11.9 Å². The summed E-state index contributed by atoms with van der Waals surface area (Å²) in [6, 6.07) is 11.4. The molecule has 0 N–H and O–H groups in total. The summed E-state index contributed by atoms with van der Waals surface area (Å²) in [4.78, 5) is 34.4. The molecule has 0 radical (unpaired) electrons. The lowest BCUT2D eigenvalue weighted by Gasteiger charge is -2.07. The van der Waals surface area contributed by atoms with Gasteiger partial charge < -0.3 is 9.47 Å². The van der Waals surface area contributed by atoms with Gasteiger partial charge in [0, 0.05) is 18.6 Å². The second kappa shape index (κ2) is 14.8. The van der Waals surface area contributed by atoms with Crippen molar-refractivity contribution in [1.82, 2.24) is 0 Å². The number of ether oxygens (including phenoxy) is 2. The summed E-state index contributed by atoms with van der Waals surface area (Å²) in [5.74, 6) is -0.306. The van der Waals surface area contributed by atoms with E-state index in [4.69, 9.17) is 9.47 Å². The molecule has 0 aliphatic rings. The maximum Gasteiger partial charge on any atom is 0.343 e. The third kappa shape index (κ3) is 10.3. The predicted molar refractivity (Wildman–Crippen MR) is 127 cm³/mol. The number of carbonyl (C=O) groups excluding carboxylic acids is 2. The molecule has 0 unspecified atom stereocenters. The monoisotopic (exact) mass is 455 g/mol. The average Bonchev–Trinajstić information content (AvgIpc) is 2.81. The lowest BCUT2D eigenvalue weighted by Crippen LogP contribution is -2.10. The van der Waals surface area contributed by atoms with Gasteiger partial charge in [0.25, 0.3) is 5.69 Å². The molecule has 0 bridgehead atoms. The van der Waals surface area contributed by atoms with Gasteiger partial charge in [-0.15, -0.1) is 0 Å². The van der Waals surface area contributed by atoms with E-state index in [1.165, 1.54) is 81.3 Å². The van der Waals surface area contributed by atoms with Gasteiger partial charge in [-0.2, -0.15) is 0 Å². The summed E-state index contributed by atoms with van der Waals surface area (Å²) < 4.78 is 10.5. The van der Waals surface area contributed by atoms with Crippen molar-refractivity contribution in [3.05, 3.63) is 64.2 Å². The number of nitro groups is 1. The number of esters is 2. The van der Waals surface area contributed by atoms with Crippen molar-refractivity contribution in [3.8, 4) is 11.5 Å².